The average Bonchev–Trinajstić information content (AvgIpc) is 2.47. The third-order valence-corrected chi connectivity index (χ3v) is 2.89. The molecule has 1 aromatic heterocycles. The van der Waals surface area contributed by atoms with Crippen molar-refractivity contribution in [1.82, 2.24) is 14.9 Å². The van der Waals surface area contributed by atoms with Crippen LogP contribution in [0.1, 0.15) is 22.8 Å². The highest BCUT2D eigenvalue weighted by Gasteiger charge is 2.15. The Morgan fingerprint density at radius 2 is 1.95 bits per heavy atom. The van der Waals surface area contributed by atoms with Gasteiger partial charge < -0.3 is 10.6 Å². The highest BCUT2D eigenvalue weighted by Crippen LogP contribution is 2.14. The van der Waals surface area contributed by atoms with Gasteiger partial charge in [-0.25, -0.2) is 9.97 Å². The van der Waals surface area contributed by atoms with Gasteiger partial charge in [-0.05, 0) is 18.6 Å². The molecule has 0 aliphatic rings. The van der Waals surface area contributed by atoms with Crippen LogP contribution in [0.2, 0.25) is 0 Å². The number of anilines is 1. The van der Waals surface area contributed by atoms with E-state index >= 15 is 0 Å². The maximum atomic E-state index is 12.3. The maximum Gasteiger partial charge on any atom is 0.257 e. The zero-order valence-corrected chi connectivity index (χ0v) is 10.8. The molecule has 0 saturated carbocycles. The number of nitrogen functional groups attached to an aromatic ring is 1. The topological polar surface area (TPSA) is 72.1 Å². The summed E-state index contributed by atoms with van der Waals surface area (Å²) in [6.45, 7) is 3.01. The predicted octanol–water partition coefficient (Wildman–Crippen LogP) is 1.72. The lowest BCUT2D eigenvalue weighted by Crippen LogP contribution is -2.30. The quantitative estimate of drug-likeness (QED) is 0.845. The number of carbonyl (C=O) groups excluding carboxylic acids is 1. The molecule has 2 rings (SSSR count). The van der Waals surface area contributed by atoms with Crippen LogP contribution in [0.3, 0.4) is 0 Å². The van der Waals surface area contributed by atoms with Gasteiger partial charge in [0.2, 0.25) is 0 Å². The first kappa shape index (κ1) is 13.0. The van der Waals surface area contributed by atoms with E-state index in [0.717, 1.165) is 5.56 Å². The molecule has 0 atom stereocenters. The van der Waals surface area contributed by atoms with Crippen LogP contribution < -0.4 is 5.73 Å². The van der Waals surface area contributed by atoms with E-state index in [4.69, 9.17) is 5.73 Å². The van der Waals surface area contributed by atoms with Gasteiger partial charge in [0.1, 0.15) is 6.33 Å². The average molecular weight is 256 g/mol. The van der Waals surface area contributed by atoms with E-state index < -0.39 is 0 Å². The molecule has 98 valence electrons. The molecule has 0 aliphatic heterocycles. The zero-order chi connectivity index (χ0) is 13.7. The summed E-state index contributed by atoms with van der Waals surface area (Å²) in [6.07, 6.45) is 4.45. The van der Waals surface area contributed by atoms with Gasteiger partial charge in [0.15, 0.2) is 0 Å². The fourth-order valence-electron chi connectivity index (χ4n) is 1.80. The first-order valence-electron chi connectivity index (χ1n) is 6.10. The number of nitrogens with two attached hydrogens (primary N) is 1. The van der Waals surface area contributed by atoms with E-state index in [-0.39, 0.29) is 5.91 Å². The van der Waals surface area contributed by atoms with Crippen LogP contribution in [0.25, 0.3) is 0 Å². The van der Waals surface area contributed by atoms with Crippen molar-refractivity contribution >= 4 is 11.6 Å². The minimum atomic E-state index is -0.0913. The molecular weight excluding hydrogens is 240 g/mol. The Hall–Kier alpha value is -2.43. The Morgan fingerprint density at radius 1 is 1.26 bits per heavy atom. The van der Waals surface area contributed by atoms with Crippen LogP contribution in [0.5, 0.6) is 0 Å². The highest BCUT2D eigenvalue weighted by atomic mass is 16.2. The Labute approximate surface area is 112 Å². The van der Waals surface area contributed by atoms with Crippen molar-refractivity contribution in [2.75, 3.05) is 12.3 Å². The summed E-state index contributed by atoms with van der Waals surface area (Å²) in [7, 11) is 0. The summed E-state index contributed by atoms with van der Waals surface area (Å²) in [5, 5.41) is 0. The third kappa shape index (κ3) is 3.07. The minimum Gasteiger partial charge on any atom is -0.398 e. The summed E-state index contributed by atoms with van der Waals surface area (Å²) in [6, 6.07) is 7.55. The molecule has 0 saturated heterocycles. The van der Waals surface area contributed by atoms with Gasteiger partial charge in [-0.1, -0.05) is 18.2 Å². The van der Waals surface area contributed by atoms with Gasteiger partial charge in [-0.3, -0.25) is 4.79 Å². The van der Waals surface area contributed by atoms with Crippen LogP contribution >= 0.6 is 0 Å². The molecule has 0 radical (unpaired) electrons. The number of aromatic nitrogens is 2. The monoisotopic (exact) mass is 256 g/mol. The number of hydrogen-bond donors (Lipinski definition) is 1. The van der Waals surface area contributed by atoms with E-state index in [0.29, 0.717) is 24.3 Å². The predicted molar refractivity (Wildman–Crippen MR) is 73.3 cm³/mol. The summed E-state index contributed by atoms with van der Waals surface area (Å²) >= 11 is 0. The number of nitrogens with zero attached hydrogens (tertiary/aromatic N) is 3. The van der Waals surface area contributed by atoms with Crippen molar-refractivity contribution in [1.29, 1.82) is 0 Å². The molecule has 0 bridgehead atoms. The van der Waals surface area contributed by atoms with Crippen molar-refractivity contribution in [3.8, 4) is 0 Å². The molecule has 1 amide bonds. The van der Waals surface area contributed by atoms with E-state index in [2.05, 4.69) is 9.97 Å². The molecule has 0 aliphatic carbocycles. The van der Waals surface area contributed by atoms with Gasteiger partial charge in [0, 0.05) is 31.2 Å². The third-order valence-electron chi connectivity index (χ3n) is 2.89. The van der Waals surface area contributed by atoms with E-state index in [1.807, 2.05) is 31.2 Å². The van der Waals surface area contributed by atoms with Gasteiger partial charge in [-0.2, -0.15) is 0 Å². The maximum absolute atomic E-state index is 12.3. The van der Waals surface area contributed by atoms with Crippen molar-refractivity contribution in [3.05, 3.63) is 54.1 Å². The summed E-state index contributed by atoms with van der Waals surface area (Å²) in [4.78, 5) is 21.7. The summed E-state index contributed by atoms with van der Waals surface area (Å²) in [5.41, 5.74) is 8.02. The normalized spacial score (nSPS) is 10.2. The second-order valence-corrected chi connectivity index (χ2v) is 4.15. The fourth-order valence-corrected chi connectivity index (χ4v) is 1.80. The highest BCUT2D eigenvalue weighted by molar-refractivity contribution is 5.93. The molecule has 0 fully saturated rings. The lowest BCUT2D eigenvalue weighted by Gasteiger charge is -2.21. The molecule has 0 unspecified atom stereocenters. The number of hydrogen-bond acceptors (Lipinski definition) is 4. The zero-order valence-electron chi connectivity index (χ0n) is 10.8. The second kappa shape index (κ2) is 5.95. The Balaban J connectivity index is 2.17. The molecule has 0 spiro atoms. The molecule has 1 aromatic carbocycles. The molecule has 1 heterocycles. The largest absolute Gasteiger partial charge is 0.398 e. The van der Waals surface area contributed by atoms with Crippen LogP contribution in [0.4, 0.5) is 5.69 Å². The van der Waals surface area contributed by atoms with Crippen molar-refractivity contribution in [3.63, 3.8) is 0 Å². The number of benzene rings is 1. The smallest absolute Gasteiger partial charge is 0.257 e. The van der Waals surface area contributed by atoms with Crippen LogP contribution in [-0.2, 0) is 6.54 Å². The second-order valence-electron chi connectivity index (χ2n) is 4.15. The van der Waals surface area contributed by atoms with Gasteiger partial charge in [0.05, 0.1) is 5.56 Å². The molecule has 19 heavy (non-hydrogen) atoms. The van der Waals surface area contributed by atoms with Gasteiger partial charge >= 0.3 is 0 Å². The first-order chi connectivity index (χ1) is 9.22. The SMILES string of the molecule is CCN(Cc1ccccc1N)C(=O)c1cncnc1. The first-order valence-corrected chi connectivity index (χ1v) is 6.10. The van der Waals surface area contributed by atoms with Gasteiger partial charge in [0.25, 0.3) is 5.91 Å². The minimum absolute atomic E-state index is 0.0913. The number of para-hydroxylation sites is 1. The lowest BCUT2D eigenvalue weighted by atomic mass is 10.1. The Bertz CT molecular complexity index is 556. The van der Waals surface area contributed by atoms with Gasteiger partial charge in [-0.15, -0.1) is 0 Å². The summed E-state index contributed by atoms with van der Waals surface area (Å²) < 4.78 is 0. The van der Waals surface area contributed by atoms with Crippen LogP contribution in [0, 0.1) is 0 Å². The van der Waals surface area contributed by atoms with Crippen molar-refractivity contribution in [2.24, 2.45) is 0 Å². The van der Waals surface area contributed by atoms with E-state index in [1.54, 1.807) is 4.90 Å². The molecular formula is C14H16N4O. The van der Waals surface area contributed by atoms with Crippen LogP contribution in [-0.4, -0.2) is 27.3 Å². The Kier molecular flexibility index (Phi) is 4.07. The van der Waals surface area contributed by atoms with Crippen LogP contribution in [0.15, 0.2) is 43.0 Å². The number of rotatable bonds is 4. The molecule has 5 nitrogen and oxygen atoms in total. The summed E-state index contributed by atoms with van der Waals surface area (Å²) in [5.74, 6) is -0.0913. The number of carbonyl (C=O) groups is 1. The fraction of sp³-hybridized carbons (Fsp3) is 0.214. The van der Waals surface area contributed by atoms with E-state index in [1.165, 1.54) is 18.7 Å². The molecule has 5 heteroatoms. The number of amides is 1. The van der Waals surface area contributed by atoms with Crippen molar-refractivity contribution < 1.29 is 4.79 Å². The van der Waals surface area contributed by atoms with Crippen molar-refractivity contribution in [2.45, 2.75) is 13.5 Å². The standard InChI is InChI=1S/C14H16N4O/c1-2-18(9-11-5-3-4-6-13(11)15)14(19)12-7-16-10-17-8-12/h3-8,10H,2,9,15H2,1H3. The lowest BCUT2D eigenvalue weighted by molar-refractivity contribution is 0.0752. The molecule has 2 N–H and O–H groups in total. The molecule has 2 aromatic rings. The van der Waals surface area contributed by atoms with E-state index in [9.17, 15) is 4.79 Å². The Morgan fingerprint density at radius 3 is 2.58 bits per heavy atom.